The molecule has 0 heterocycles. The molecule has 0 spiro atoms. The predicted octanol–water partition coefficient (Wildman–Crippen LogP) is 2.47. The molecule has 1 rings (SSSR count). The first-order valence-electron chi connectivity index (χ1n) is 5.39. The first-order chi connectivity index (χ1) is 7.93. The van der Waals surface area contributed by atoms with Crippen molar-refractivity contribution in [2.75, 3.05) is 11.9 Å². The number of anilines is 1. The van der Waals surface area contributed by atoms with Crippen molar-refractivity contribution in [2.45, 2.75) is 20.3 Å². The normalized spacial score (nSPS) is 10.6. The summed E-state index contributed by atoms with van der Waals surface area (Å²) in [6.07, 6.45) is 0.121. The molecule has 4 heteroatoms. The number of carboxylic acids is 1. The summed E-state index contributed by atoms with van der Waals surface area (Å²) in [6.45, 7) is 4.38. The molecule has 0 saturated carbocycles. The summed E-state index contributed by atoms with van der Waals surface area (Å²) >= 11 is 0. The number of hydrogen-bond donors (Lipinski definition) is 2. The molecule has 0 radical (unpaired) electrons. The maximum Gasteiger partial charge on any atom is 0.303 e. The summed E-state index contributed by atoms with van der Waals surface area (Å²) in [5, 5.41) is 20.6. The van der Waals surface area contributed by atoms with Crippen LogP contribution in [0.3, 0.4) is 0 Å². The summed E-state index contributed by atoms with van der Waals surface area (Å²) in [4.78, 5) is 10.6. The Balaban J connectivity index is 2.55. The van der Waals surface area contributed by atoms with Gasteiger partial charge in [0.05, 0.1) is 18.1 Å². The Kier molecular flexibility index (Phi) is 4.11. The highest BCUT2D eigenvalue weighted by Crippen LogP contribution is 2.21. The number of benzene rings is 1. The lowest BCUT2D eigenvalue weighted by molar-refractivity contribution is -0.139. The van der Waals surface area contributed by atoms with Crippen molar-refractivity contribution >= 4 is 11.7 Å². The van der Waals surface area contributed by atoms with Gasteiger partial charge >= 0.3 is 5.97 Å². The van der Waals surface area contributed by atoms with Crippen LogP contribution < -0.4 is 5.32 Å². The molecular weight excluding hydrogens is 216 g/mol. The molecule has 0 saturated heterocycles. The number of nitrogens with one attached hydrogen (secondary N) is 1. The molecule has 0 aliphatic rings. The lowest BCUT2D eigenvalue weighted by Gasteiger charge is -2.23. The largest absolute Gasteiger partial charge is 0.481 e. The van der Waals surface area contributed by atoms with E-state index in [2.05, 4.69) is 5.32 Å². The summed E-state index contributed by atoms with van der Waals surface area (Å²) in [5.74, 6) is -0.795. The Hall–Kier alpha value is -2.02. The summed E-state index contributed by atoms with van der Waals surface area (Å²) in [6, 6.07) is 9.13. The number of carbonyl (C=O) groups is 1. The van der Waals surface area contributed by atoms with Crippen LogP contribution in [0.15, 0.2) is 24.3 Å². The van der Waals surface area contributed by atoms with Gasteiger partial charge in [0.1, 0.15) is 0 Å². The van der Waals surface area contributed by atoms with E-state index < -0.39 is 5.97 Å². The predicted molar refractivity (Wildman–Crippen MR) is 65.7 cm³/mol. The first kappa shape index (κ1) is 13.0. The molecule has 0 unspecified atom stereocenters. The van der Waals surface area contributed by atoms with Gasteiger partial charge in [-0.25, -0.2) is 0 Å². The van der Waals surface area contributed by atoms with Crippen LogP contribution in [-0.2, 0) is 4.79 Å². The van der Waals surface area contributed by atoms with Gasteiger partial charge in [-0.2, -0.15) is 5.26 Å². The van der Waals surface area contributed by atoms with Crippen LogP contribution in [0.1, 0.15) is 25.8 Å². The second-order valence-electron chi connectivity index (χ2n) is 4.78. The van der Waals surface area contributed by atoms with E-state index in [1.165, 1.54) is 0 Å². The maximum absolute atomic E-state index is 10.6. The van der Waals surface area contributed by atoms with Gasteiger partial charge in [-0.05, 0) is 29.7 Å². The van der Waals surface area contributed by atoms with Crippen LogP contribution in [-0.4, -0.2) is 17.6 Å². The van der Waals surface area contributed by atoms with E-state index in [0.717, 1.165) is 5.69 Å². The van der Waals surface area contributed by atoms with Crippen molar-refractivity contribution in [3.63, 3.8) is 0 Å². The minimum atomic E-state index is -0.795. The first-order valence-corrected chi connectivity index (χ1v) is 5.39. The van der Waals surface area contributed by atoms with E-state index in [-0.39, 0.29) is 11.8 Å². The van der Waals surface area contributed by atoms with Crippen molar-refractivity contribution in [2.24, 2.45) is 5.41 Å². The molecule has 0 aromatic heterocycles. The summed E-state index contributed by atoms with van der Waals surface area (Å²) in [5.41, 5.74) is 1.20. The number of hydrogen-bond acceptors (Lipinski definition) is 3. The maximum atomic E-state index is 10.6. The number of rotatable bonds is 5. The van der Waals surface area contributed by atoms with Crippen LogP contribution >= 0.6 is 0 Å². The molecule has 0 atom stereocenters. The second-order valence-corrected chi connectivity index (χ2v) is 4.78. The van der Waals surface area contributed by atoms with E-state index in [1.54, 1.807) is 12.1 Å². The Morgan fingerprint density at radius 2 is 2.00 bits per heavy atom. The van der Waals surface area contributed by atoms with Crippen molar-refractivity contribution < 1.29 is 9.90 Å². The molecule has 17 heavy (non-hydrogen) atoms. The molecule has 0 fully saturated rings. The topological polar surface area (TPSA) is 73.1 Å². The van der Waals surface area contributed by atoms with Crippen LogP contribution in [0.2, 0.25) is 0 Å². The average molecular weight is 232 g/mol. The third kappa shape index (κ3) is 4.56. The number of carboxylic acid groups (broad SMARTS) is 1. The lowest BCUT2D eigenvalue weighted by atomic mass is 9.89. The monoisotopic (exact) mass is 232 g/mol. The third-order valence-corrected chi connectivity index (χ3v) is 2.41. The zero-order chi connectivity index (χ0) is 12.9. The zero-order valence-electron chi connectivity index (χ0n) is 10.0. The Bertz CT molecular complexity index is 430. The van der Waals surface area contributed by atoms with Gasteiger partial charge in [-0.1, -0.05) is 13.8 Å². The minimum Gasteiger partial charge on any atom is -0.481 e. The van der Waals surface area contributed by atoms with E-state index in [9.17, 15) is 4.79 Å². The highest BCUT2D eigenvalue weighted by molar-refractivity contribution is 5.67. The van der Waals surface area contributed by atoms with E-state index >= 15 is 0 Å². The number of nitrogens with zero attached hydrogens (tertiary/aromatic N) is 1. The van der Waals surface area contributed by atoms with Crippen molar-refractivity contribution in [3.8, 4) is 6.07 Å². The van der Waals surface area contributed by atoms with Gasteiger partial charge in [0.25, 0.3) is 0 Å². The molecule has 2 N–H and O–H groups in total. The van der Waals surface area contributed by atoms with Crippen LogP contribution in [0, 0.1) is 16.7 Å². The van der Waals surface area contributed by atoms with Crippen LogP contribution in [0.5, 0.6) is 0 Å². The number of nitriles is 1. The Labute approximate surface area is 101 Å². The highest BCUT2D eigenvalue weighted by Gasteiger charge is 2.21. The quantitative estimate of drug-likeness (QED) is 0.817. The zero-order valence-corrected chi connectivity index (χ0v) is 10.0. The molecule has 0 amide bonds. The van der Waals surface area contributed by atoms with Gasteiger partial charge in [-0.15, -0.1) is 0 Å². The average Bonchev–Trinajstić information content (AvgIpc) is 2.25. The summed E-state index contributed by atoms with van der Waals surface area (Å²) in [7, 11) is 0. The van der Waals surface area contributed by atoms with Gasteiger partial charge in [0.2, 0.25) is 0 Å². The van der Waals surface area contributed by atoms with E-state index in [4.69, 9.17) is 10.4 Å². The minimum absolute atomic E-state index is 0.121. The van der Waals surface area contributed by atoms with Gasteiger partial charge in [0.15, 0.2) is 0 Å². The fourth-order valence-electron chi connectivity index (χ4n) is 1.48. The SMILES string of the molecule is CC(C)(CNc1ccc(C#N)cc1)CC(=O)O. The fraction of sp³-hybridized carbons (Fsp3) is 0.385. The van der Waals surface area contributed by atoms with Crippen LogP contribution in [0.4, 0.5) is 5.69 Å². The molecule has 4 nitrogen and oxygen atoms in total. The fourth-order valence-corrected chi connectivity index (χ4v) is 1.48. The Morgan fingerprint density at radius 1 is 1.41 bits per heavy atom. The van der Waals surface area contributed by atoms with Crippen LogP contribution in [0.25, 0.3) is 0 Å². The standard InChI is InChI=1S/C13H16N2O2/c1-13(2,7-12(16)17)9-15-11-5-3-10(8-14)4-6-11/h3-6,15H,7,9H2,1-2H3,(H,16,17). The Morgan fingerprint density at radius 3 is 2.47 bits per heavy atom. The smallest absolute Gasteiger partial charge is 0.303 e. The molecule has 0 aliphatic carbocycles. The lowest BCUT2D eigenvalue weighted by Crippen LogP contribution is -2.26. The van der Waals surface area contributed by atoms with E-state index in [0.29, 0.717) is 12.1 Å². The van der Waals surface area contributed by atoms with Gasteiger partial charge in [0, 0.05) is 12.2 Å². The van der Waals surface area contributed by atoms with Crippen molar-refractivity contribution in [1.82, 2.24) is 0 Å². The highest BCUT2D eigenvalue weighted by atomic mass is 16.4. The molecule has 0 aliphatic heterocycles. The molecule has 1 aromatic rings. The number of aliphatic carboxylic acids is 1. The molecular formula is C13H16N2O2. The molecule has 90 valence electrons. The van der Waals surface area contributed by atoms with E-state index in [1.807, 2.05) is 32.0 Å². The second kappa shape index (κ2) is 5.35. The van der Waals surface area contributed by atoms with Gasteiger partial charge in [-0.3, -0.25) is 4.79 Å². The molecule has 1 aromatic carbocycles. The molecule has 0 bridgehead atoms. The van der Waals surface area contributed by atoms with Gasteiger partial charge < -0.3 is 10.4 Å². The van der Waals surface area contributed by atoms with Crippen molar-refractivity contribution in [3.05, 3.63) is 29.8 Å². The summed E-state index contributed by atoms with van der Waals surface area (Å²) < 4.78 is 0. The van der Waals surface area contributed by atoms with Crippen molar-refractivity contribution in [1.29, 1.82) is 5.26 Å². The third-order valence-electron chi connectivity index (χ3n) is 2.41.